The first-order chi connectivity index (χ1) is 17.7. The number of fused-ring (bicyclic) bond motifs is 1. The molecule has 3 heterocycles. The van der Waals surface area contributed by atoms with Crippen molar-refractivity contribution in [3.8, 4) is 11.4 Å². The highest BCUT2D eigenvalue weighted by molar-refractivity contribution is 8.08. The number of benzene rings is 3. The lowest BCUT2D eigenvalue weighted by atomic mass is 10.1. The Morgan fingerprint density at radius 3 is 2.03 bits per heavy atom. The van der Waals surface area contributed by atoms with Crippen LogP contribution in [0.1, 0.15) is 21.5 Å². The number of carbonyl (C=O) groups is 1. The van der Waals surface area contributed by atoms with E-state index in [0.717, 1.165) is 27.3 Å². The summed E-state index contributed by atoms with van der Waals surface area (Å²) in [4.78, 5) is 19.2. The van der Waals surface area contributed by atoms with Gasteiger partial charge in [0.05, 0.1) is 5.70 Å². The van der Waals surface area contributed by atoms with Gasteiger partial charge in [-0.25, -0.2) is 5.01 Å². The van der Waals surface area contributed by atoms with Crippen molar-refractivity contribution in [3.05, 3.63) is 131 Å². The fourth-order valence-electron chi connectivity index (χ4n) is 4.07. The summed E-state index contributed by atoms with van der Waals surface area (Å²) in [5, 5.41) is 11.9. The van der Waals surface area contributed by atoms with Crippen LogP contribution in [-0.4, -0.2) is 25.8 Å². The zero-order valence-electron chi connectivity index (χ0n) is 18.8. The van der Waals surface area contributed by atoms with Crippen LogP contribution in [0, 0.1) is 0 Å². The Kier molecular flexibility index (Phi) is 5.85. The predicted molar refractivity (Wildman–Crippen MR) is 143 cm³/mol. The number of aromatic nitrogens is 4. The van der Waals surface area contributed by atoms with E-state index in [9.17, 15) is 4.79 Å². The molecule has 1 amide bonds. The molecular weight excluding hydrogens is 490 g/mol. The SMILES string of the molecule is O=C(c1ccncc1)N1C(c2ccccc2)=C(c2ccccc2)Sc2nnc(-c3ccc(Cl)cc3)n21. The highest BCUT2D eigenvalue weighted by Gasteiger charge is 2.36. The molecular formula is C28H18ClN5OS. The van der Waals surface area contributed by atoms with Crippen molar-refractivity contribution in [3.63, 3.8) is 0 Å². The van der Waals surface area contributed by atoms with Gasteiger partial charge in [-0.2, -0.15) is 4.68 Å². The van der Waals surface area contributed by atoms with Gasteiger partial charge in [0, 0.05) is 39.0 Å². The van der Waals surface area contributed by atoms with Crippen molar-refractivity contribution in [2.45, 2.75) is 5.16 Å². The average molecular weight is 508 g/mol. The quantitative estimate of drug-likeness (QED) is 0.281. The Hall–Kier alpha value is -4.20. The van der Waals surface area contributed by atoms with Crippen LogP contribution >= 0.6 is 23.4 Å². The Morgan fingerprint density at radius 1 is 0.722 bits per heavy atom. The molecule has 3 aromatic carbocycles. The molecule has 174 valence electrons. The number of carbonyl (C=O) groups excluding carboxylic acids is 1. The number of pyridine rings is 1. The van der Waals surface area contributed by atoms with Gasteiger partial charge in [0.2, 0.25) is 5.16 Å². The maximum absolute atomic E-state index is 14.2. The highest BCUT2D eigenvalue weighted by atomic mass is 35.5. The van der Waals surface area contributed by atoms with Crippen molar-refractivity contribution >= 4 is 39.9 Å². The number of nitrogens with zero attached hydrogens (tertiary/aromatic N) is 5. The van der Waals surface area contributed by atoms with Crippen LogP contribution in [0.5, 0.6) is 0 Å². The maximum atomic E-state index is 14.2. The predicted octanol–water partition coefficient (Wildman–Crippen LogP) is 6.40. The summed E-state index contributed by atoms with van der Waals surface area (Å²) in [5.41, 5.74) is 3.92. The van der Waals surface area contributed by atoms with E-state index in [1.165, 1.54) is 11.8 Å². The summed E-state index contributed by atoms with van der Waals surface area (Å²) in [5.74, 6) is 0.318. The van der Waals surface area contributed by atoms with E-state index in [0.29, 0.717) is 21.6 Å². The van der Waals surface area contributed by atoms with Gasteiger partial charge in [0.1, 0.15) is 0 Å². The van der Waals surface area contributed by atoms with E-state index in [1.807, 2.05) is 72.8 Å². The third kappa shape index (κ3) is 3.98. The van der Waals surface area contributed by atoms with Crippen LogP contribution in [0.2, 0.25) is 5.02 Å². The monoisotopic (exact) mass is 507 g/mol. The molecule has 0 spiro atoms. The van der Waals surface area contributed by atoms with E-state index in [1.54, 1.807) is 46.3 Å². The summed E-state index contributed by atoms with van der Waals surface area (Å²) in [6.45, 7) is 0. The zero-order chi connectivity index (χ0) is 24.5. The van der Waals surface area contributed by atoms with Crippen LogP contribution < -0.4 is 5.01 Å². The summed E-state index contributed by atoms with van der Waals surface area (Å²) < 4.78 is 1.78. The first-order valence-corrected chi connectivity index (χ1v) is 12.4. The molecule has 5 aromatic rings. The average Bonchev–Trinajstić information content (AvgIpc) is 3.37. The maximum Gasteiger partial charge on any atom is 0.277 e. The molecule has 0 N–H and O–H groups in total. The summed E-state index contributed by atoms with van der Waals surface area (Å²) >= 11 is 7.63. The fourth-order valence-corrected chi connectivity index (χ4v) is 5.27. The highest BCUT2D eigenvalue weighted by Crippen LogP contribution is 2.46. The second-order valence-corrected chi connectivity index (χ2v) is 9.40. The minimum absolute atomic E-state index is 0.221. The minimum Gasteiger partial charge on any atom is -0.267 e. The molecule has 0 radical (unpaired) electrons. The molecule has 0 unspecified atom stereocenters. The van der Waals surface area contributed by atoms with E-state index in [4.69, 9.17) is 11.6 Å². The second-order valence-electron chi connectivity index (χ2n) is 7.99. The fraction of sp³-hybridized carbons (Fsp3) is 0. The minimum atomic E-state index is -0.221. The molecule has 8 heteroatoms. The zero-order valence-corrected chi connectivity index (χ0v) is 20.4. The number of hydrogen-bond donors (Lipinski definition) is 0. The Morgan fingerprint density at radius 2 is 1.36 bits per heavy atom. The lowest BCUT2D eigenvalue weighted by Crippen LogP contribution is -2.42. The third-order valence-electron chi connectivity index (χ3n) is 5.74. The second kappa shape index (κ2) is 9.45. The van der Waals surface area contributed by atoms with Crippen molar-refractivity contribution in [2.24, 2.45) is 0 Å². The van der Waals surface area contributed by atoms with Crippen molar-refractivity contribution in [1.29, 1.82) is 0 Å². The van der Waals surface area contributed by atoms with Crippen LogP contribution in [0.3, 0.4) is 0 Å². The third-order valence-corrected chi connectivity index (χ3v) is 7.06. The molecule has 0 atom stereocenters. The van der Waals surface area contributed by atoms with Crippen molar-refractivity contribution < 1.29 is 4.79 Å². The Balaban J connectivity index is 1.64. The number of halogens is 1. The van der Waals surface area contributed by atoms with E-state index in [2.05, 4.69) is 15.2 Å². The van der Waals surface area contributed by atoms with Gasteiger partial charge in [-0.15, -0.1) is 10.2 Å². The molecule has 0 saturated heterocycles. The van der Waals surface area contributed by atoms with Gasteiger partial charge in [-0.1, -0.05) is 72.3 Å². The van der Waals surface area contributed by atoms with Crippen LogP contribution in [-0.2, 0) is 0 Å². The number of thioether (sulfide) groups is 1. The van der Waals surface area contributed by atoms with Gasteiger partial charge in [-0.3, -0.25) is 9.78 Å². The molecule has 1 aliphatic heterocycles. The molecule has 0 fully saturated rings. The molecule has 2 aromatic heterocycles. The van der Waals surface area contributed by atoms with Gasteiger partial charge >= 0.3 is 0 Å². The molecule has 6 rings (SSSR count). The lowest BCUT2D eigenvalue weighted by Gasteiger charge is -2.34. The molecule has 36 heavy (non-hydrogen) atoms. The van der Waals surface area contributed by atoms with Gasteiger partial charge in [0.15, 0.2) is 5.82 Å². The molecule has 0 bridgehead atoms. The van der Waals surface area contributed by atoms with Gasteiger partial charge < -0.3 is 0 Å². The topological polar surface area (TPSA) is 63.9 Å². The molecule has 0 saturated carbocycles. The largest absolute Gasteiger partial charge is 0.277 e. The normalized spacial score (nSPS) is 13.0. The Bertz CT molecular complexity index is 1570. The standard InChI is InChI=1S/C28H18ClN5OS/c29-23-13-11-21(12-14-23)26-31-32-28-34(26)33(27(35)22-15-17-30-18-16-22)24(19-7-3-1-4-8-19)25(36-28)20-9-5-2-6-10-20/h1-18H. The van der Waals surface area contributed by atoms with Crippen molar-refractivity contribution in [1.82, 2.24) is 19.9 Å². The number of hydrogen-bond acceptors (Lipinski definition) is 5. The Labute approximate surface area is 216 Å². The summed E-state index contributed by atoms with van der Waals surface area (Å²) in [6, 6.07) is 30.7. The van der Waals surface area contributed by atoms with Gasteiger partial charge in [-0.05, 0) is 53.7 Å². The molecule has 1 aliphatic rings. The first-order valence-electron chi connectivity index (χ1n) is 11.2. The lowest BCUT2D eigenvalue weighted by molar-refractivity contribution is 0.0974. The van der Waals surface area contributed by atoms with Crippen LogP contribution in [0.4, 0.5) is 0 Å². The number of rotatable bonds is 4. The number of amides is 1. The molecule has 6 nitrogen and oxygen atoms in total. The molecule has 0 aliphatic carbocycles. The van der Waals surface area contributed by atoms with Crippen LogP contribution in [0.25, 0.3) is 22.0 Å². The van der Waals surface area contributed by atoms with E-state index in [-0.39, 0.29) is 5.91 Å². The van der Waals surface area contributed by atoms with E-state index < -0.39 is 0 Å². The first kappa shape index (κ1) is 22.3. The smallest absolute Gasteiger partial charge is 0.267 e. The van der Waals surface area contributed by atoms with Crippen molar-refractivity contribution in [2.75, 3.05) is 5.01 Å². The summed E-state index contributed by atoms with van der Waals surface area (Å²) in [6.07, 6.45) is 3.23. The van der Waals surface area contributed by atoms with E-state index >= 15 is 0 Å². The van der Waals surface area contributed by atoms with Crippen LogP contribution in [0.15, 0.2) is 115 Å². The summed E-state index contributed by atoms with van der Waals surface area (Å²) in [7, 11) is 0. The van der Waals surface area contributed by atoms with Gasteiger partial charge in [0.25, 0.3) is 5.91 Å².